The van der Waals surface area contributed by atoms with Gasteiger partial charge in [0.2, 0.25) is 11.9 Å². The monoisotopic (exact) mass is 252 g/mol. The van der Waals surface area contributed by atoms with E-state index in [0.717, 1.165) is 19.0 Å². The minimum absolute atomic E-state index is 0.563. The number of anilines is 2. The molecule has 2 aliphatic rings. The fourth-order valence-electron chi connectivity index (χ4n) is 1.82. The Hall–Kier alpha value is -1.67. The van der Waals surface area contributed by atoms with Crippen LogP contribution in [-0.4, -0.2) is 46.2 Å². The first-order valence-corrected chi connectivity index (χ1v) is 5.77. The summed E-state index contributed by atoms with van der Waals surface area (Å²) >= 11 is 5.28. The first kappa shape index (κ1) is 10.5. The Morgan fingerprint density at radius 3 is 2.76 bits per heavy atom. The second-order valence-electron chi connectivity index (χ2n) is 3.69. The summed E-state index contributed by atoms with van der Waals surface area (Å²) in [5.41, 5.74) is 0. The number of morpholine rings is 1. The number of thiocarbonyl (C=S) groups is 1. The van der Waals surface area contributed by atoms with Crippen LogP contribution in [-0.2, 0) is 4.74 Å². The highest BCUT2D eigenvalue weighted by Gasteiger charge is 2.22. The molecule has 0 unspecified atom stereocenters. The number of nitrogens with zero attached hydrogens (tertiary/aromatic N) is 4. The van der Waals surface area contributed by atoms with Crippen LogP contribution in [0.25, 0.3) is 0 Å². The summed E-state index contributed by atoms with van der Waals surface area (Å²) < 4.78 is 7.11. The molecule has 7 nitrogen and oxygen atoms in total. The fourth-order valence-corrected chi connectivity index (χ4v) is 2.05. The number of aromatic nitrogens is 3. The molecule has 1 aromatic rings. The maximum absolute atomic E-state index is 5.32. The number of hydrogen-bond acceptors (Lipinski definition) is 6. The summed E-state index contributed by atoms with van der Waals surface area (Å²) in [4.78, 5) is 2.11. The zero-order valence-electron chi connectivity index (χ0n) is 9.09. The second-order valence-corrected chi connectivity index (χ2v) is 4.07. The van der Waals surface area contributed by atoms with Gasteiger partial charge in [-0.05, 0) is 12.2 Å². The standard InChI is InChI=1S/C9H12N6OS/c17-9-11-2-1-10-7-12-13-8(15(7)9)14-3-5-16-6-4-14/h1-2H,3-6H2,(H,10,12)(H,11,17). The van der Waals surface area contributed by atoms with Gasteiger partial charge in [0.15, 0.2) is 5.11 Å². The van der Waals surface area contributed by atoms with Crippen molar-refractivity contribution in [2.24, 2.45) is 0 Å². The van der Waals surface area contributed by atoms with E-state index >= 15 is 0 Å². The molecule has 0 atom stereocenters. The number of hydrogen-bond donors (Lipinski definition) is 2. The molecule has 0 radical (unpaired) electrons. The molecule has 1 saturated heterocycles. The van der Waals surface area contributed by atoms with E-state index in [1.165, 1.54) is 0 Å². The van der Waals surface area contributed by atoms with E-state index in [2.05, 4.69) is 25.7 Å². The maximum Gasteiger partial charge on any atom is 0.236 e. The molecule has 1 fully saturated rings. The van der Waals surface area contributed by atoms with Crippen LogP contribution in [0.15, 0.2) is 12.4 Å². The molecule has 1 aromatic heterocycles. The molecular weight excluding hydrogens is 240 g/mol. The Morgan fingerprint density at radius 1 is 1.18 bits per heavy atom. The molecule has 3 heterocycles. The summed E-state index contributed by atoms with van der Waals surface area (Å²) in [6.45, 7) is 3.00. The van der Waals surface area contributed by atoms with Gasteiger partial charge in [-0.15, -0.1) is 10.2 Å². The van der Waals surface area contributed by atoms with Gasteiger partial charge in [-0.2, -0.15) is 0 Å². The third-order valence-corrected chi connectivity index (χ3v) is 2.95. The molecule has 90 valence electrons. The first-order valence-electron chi connectivity index (χ1n) is 5.37. The summed E-state index contributed by atoms with van der Waals surface area (Å²) in [6, 6.07) is 0. The Kier molecular flexibility index (Phi) is 2.65. The summed E-state index contributed by atoms with van der Waals surface area (Å²) in [7, 11) is 0. The van der Waals surface area contributed by atoms with Gasteiger partial charge in [0.1, 0.15) is 0 Å². The van der Waals surface area contributed by atoms with Crippen LogP contribution in [0.3, 0.4) is 0 Å². The molecule has 0 bridgehead atoms. The summed E-state index contributed by atoms with van der Waals surface area (Å²) in [5.74, 6) is 1.37. The normalized spacial score (nSPS) is 19.3. The van der Waals surface area contributed by atoms with Crippen LogP contribution in [0, 0.1) is 0 Å². The van der Waals surface area contributed by atoms with Gasteiger partial charge in [0.05, 0.1) is 13.2 Å². The number of ether oxygens (including phenoxy) is 1. The summed E-state index contributed by atoms with van der Waals surface area (Å²) in [6.07, 6.45) is 3.48. The van der Waals surface area contributed by atoms with E-state index in [4.69, 9.17) is 17.0 Å². The molecule has 0 aliphatic carbocycles. The Balaban J connectivity index is 1.96. The second kappa shape index (κ2) is 4.30. The topological polar surface area (TPSA) is 67.2 Å². The third-order valence-electron chi connectivity index (χ3n) is 2.65. The van der Waals surface area contributed by atoms with E-state index < -0.39 is 0 Å². The minimum Gasteiger partial charge on any atom is -0.378 e. The van der Waals surface area contributed by atoms with Gasteiger partial charge in [0, 0.05) is 25.5 Å². The van der Waals surface area contributed by atoms with Crippen molar-refractivity contribution < 1.29 is 4.74 Å². The van der Waals surface area contributed by atoms with Gasteiger partial charge >= 0.3 is 0 Å². The average Bonchev–Trinajstić information content (AvgIpc) is 2.71. The predicted molar refractivity (Wildman–Crippen MR) is 66.9 cm³/mol. The average molecular weight is 252 g/mol. The lowest BCUT2D eigenvalue weighted by atomic mass is 10.4. The molecule has 0 aromatic carbocycles. The SMILES string of the molecule is S=C1NC=CNc2nnc(N3CCOCC3)n21. The molecule has 2 aliphatic heterocycles. The van der Waals surface area contributed by atoms with Crippen molar-refractivity contribution in [2.75, 3.05) is 36.5 Å². The van der Waals surface area contributed by atoms with Gasteiger partial charge < -0.3 is 20.3 Å². The van der Waals surface area contributed by atoms with E-state index in [1.54, 1.807) is 17.0 Å². The predicted octanol–water partition coefficient (Wildman–Crippen LogP) is -0.266. The summed E-state index contributed by atoms with van der Waals surface area (Å²) in [5, 5.41) is 14.8. The third kappa shape index (κ3) is 1.85. The Bertz CT molecular complexity index is 464. The zero-order valence-corrected chi connectivity index (χ0v) is 9.90. The van der Waals surface area contributed by atoms with Crippen molar-refractivity contribution >= 4 is 29.2 Å². The molecule has 0 saturated carbocycles. The number of fused-ring (bicyclic) bond motifs is 1. The van der Waals surface area contributed by atoms with Crippen LogP contribution in [0.2, 0.25) is 0 Å². The van der Waals surface area contributed by atoms with Crippen molar-refractivity contribution in [1.29, 1.82) is 0 Å². The highest BCUT2D eigenvalue weighted by Crippen LogP contribution is 2.18. The molecule has 0 spiro atoms. The van der Waals surface area contributed by atoms with Crippen molar-refractivity contribution in [1.82, 2.24) is 20.1 Å². The lowest BCUT2D eigenvalue weighted by molar-refractivity contribution is 0.122. The van der Waals surface area contributed by atoms with Gasteiger partial charge in [-0.1, -0.05) is 0 Å². The minimum atomic E-state index is 0.563. The molecule has 8 heteroatoms. The lowest BCUT2D eigenvalue weighted by Crippen LogP contribution is -2.39. The number of nitrogens with one attached hydrogen (secondary N) is 2. The fraction of sp³-hybridized carbons (Fsp3) is 0.444. The van der Waals surface area contributed by atoms with Crippen molar-refractivity contribution in [3.05, 3.63) is 12.4 Å². The van der Waals surface area contributed by atoms with E-state index in [1.807, 2.05) is 0 Å². The zero-order chi connectivity index (χ0) is 11.7. The molecular formula is C9H12N6OS. The van der Waals surface area contributed by atoms with Crippen LogP contribution >= 0.6 is 12.2 Å². The largest absolute Gasteiger partial charge is 0.378 e. The van der Waals surface area contributed by atoms with E-state index in [0.29, 0.717) is 24.3 Å². The Morgan fingerprint density at radius 2 is 1.94 bits per heavy atom. The highest BCUT2D eigenvalue weighted by atomic mass is 32.1. The Labute approximate surface area is 103 Å². The smallest absolute Gasteiger partial charge is 0.236 e. The molecule has 0 amide bonds. The molecule has 3 rings (SSSR count). The van der Waals surface area contributed by atoms with Crippen molar-refractivity contribution in [3.63, 3.8) is 0 Å². The quantitative estimate of drug-likeness (QED) is 0.667. The van der Waals surface area contributed by atoms with Gasteiger partial charge in [-0.25, -0.2) is 4.57 Å². The lowest BCUT2D eigenvalue weighted by Gasteiger charge is -2.27. The maximum atomic E-state index is 5.32. The van der Waals surface area contributed by atoms with Crippen LogP contribution in [0.4, 0.5) is 11.9 Å². The number of rotatable bonds is 1. The first-order chi connectivity index (χ1) is 8.36. The van der Waals surface area contributed by atoms with Gasteiger partial charge in [-0.3, -0.25) is 0 Å². The van der Waals surface area contributed by atoms with E-state index in [9.17, 15) is 0 Å². The van der Waals surface area contributed by atoms with Crippen molar-refractivity contribution in [3.8, 4) is 0 Å². The molecule has 17 heavy (non-hydrogen) atoms. The van der Waals surface area contributed by atoms with Crippen LogP contribution in [0.1, 0.15) is 0 Å². The van der Waals surface area contributed by atoms with Gasteiger partial charge in [0.25, 0.3) is 0 Å². The molecule has 2 N–H and O–H groups in total. The van der Waals surface area contributed by atoms with Crippen LogP contribution in [0.5, 0.6) is 0 Å². The van der Waals surface area contributed by atoms with Crippen LogP contribution < -0.4 is 15.5 Å². The van der Waals surface area contributed by atoms with Crippen molar-refractivity contribution in [2.45, 2.75) is 0 Å². The highest BCUT2D eigenvalue weighted by molar-refractivity contribution is 7.80. The van der Waals surface area contributed by atoms with E-state index in [-0.39, 0.29) is 0 Å².